The predicted molar refractivity (Wildman–Crippen MR) is 105 cm³/mol. The number of para-hydroxylation sites is 2. The van der Waals surface area contributed by atoms with E-state index < -0.39 is 0 Å². The molecule has 0 aromatic heterocycles. The van der Waals surface area contributed by atoms with Gasteiger partial charge in [-0.2, -0.15) is 0 Å². The van der Waals surface area contributed by atoms with E-state index in [2.05, 4.69) is 11.9 Å². The molecule has 0 aliphatic carbocycles. The Hall–Kier alpha value is -3.28. The van der Waals surface area contributed by atoms with Crippen LogP contribution in [0.25, 0.3) is 0 Å². The number of ether oxygens (including phenoxy) is 2. The van der Waals surface area contributed by atoms with Gasteiger partial charge in [-0.25, -0.2) is 0 Å². The normalized spacial score (nSPS) is 11.2. The van der Waals surface area contributed by atoms with Gasteiger partial charge in [-0.15, -0.1) is 0 Å². The van der Waals surface area contributed by atoms with Crippen molar-refractivity contribution in [2.24, 2.45) is 0 Å². The molecule has 6 heteroatoms. The van der Waals surface area contributed by atoms with Crippen LogP contribution < -0.4 is 19.7 Å². The first-order valence-electron chi connectivity index (χ1n) is 8.54. The van der Waals surface area contributed by atoms with Crippen molar-refractivity contribution < 1.29 is 19.1 Å². The van der Waals surface area contributed by atoms with Crippen LogP contribution in [0, 0.1) is 0 Å². The van der Waals surface area contributed by atoms with Gasteiger partial charge in [0.25, 0.3) is 5.91 Å². The molecular weight excluding hydrogens is 344 g/mol. The van der Waals surface area contributed by atoms with Gasteiger partial charge in [-0.05, 0) is 49.4 Å². The molecule has 6 nitrogen and oxygen atoms in total. The Morgan fingerprint density at radius 3 is 2.37 bits per heavy atom. The van der Waals surface area contributed by atoms with E-state index in [1.54, 1.807) is 38.4 Å². The molecule has 27 heavy (non-hydrogen) atoms. The van der Waals surface area contributed by atoms with E-state index in [0.29, 0.717) is 29.3 Å². The summed E-state index contributed by atoms with van der Waals surface area (Å²) in [6.45, 7) is 5.67. The first-order valence-corrected chi connectivity index (χ1v) is 8.54. The summed E-state index contributed by atoms with van der Waals surface area (Å²) in [6.07, 6.45) is 1.00. The number of hydrogen-bond donors (Lipinski definition) is 1. The Morgan fingerprint density at radius 1 is 1.15 bits per heavy atom. The minimum absolute atomic E-state index is 0.213. The van der Waals surface area contributed by atoms with Crippen LogP contribution in [0.15, 0.2) is 61.2 Å². The van der Waals surface area contributed by atoms with Crippen molar-refractivity contribution in [3.63, 3.8) is 0 Å². The fourth-order valence-corrected chi connectivity index (χ4v) is 2.41. The number of anilines is 1. The lowest BCUT2D eigenvalue weighted by atomic mass is 10.2. The van der Waals surface area contributed by atoms with E-state index in [4.69, 9.17) is 9.47 Å². The van der Waals surface area contributed by atoms with Crippen LogP contribution >= 0.6 is 0 Å². The second kappa shape index (κ2) is 9.43. The summed E-state index contributed by atoms with van der Waals surface area (Å²) < 4.78 is 11.1. The van der Waals surface area contributed by atoms with Crippen LogP contribution in [0.4, 0.5) is 5.69 Å². The first-order chi connectivity index (χ1) is 13.0. The quantitative estimate of drug-likeness (QED) is 0.727. The minimum Gasteiger partial charge on any atom is -0.493 e. The summed E-state index contributed by atoms with van der Waals surface area (Å²) in [5, 5.41) is 2.84. The number of rotatable bonds is 8. The molecule has 1 unspecified atom stereocenters. The highest BCUT2D eigenvalue weighted by atomic mass is 16.5. The number of carbonyl (C=O) groups excluding carboxylic acids is 2. The molecule has 0 heterocycles. The summed E-state index contributed by atoms with van der Waals surface area (Å²) in [5.74, 6) is 0.842. The molecule has 1 atom stereocenters. The van der Waals surface area contributed by atoms with Crippen LogP contribution in [0.5, 0.6) is 11.5 Å². The van der Waals surface area contributed by atoms with Crippen LogP contribution in [-0.2, 0) is 4.79 Å². The largest absolute Gasteiger partial charge is 0.493 e. The molecule has 0 saturated heterocycles. The maximum Gasteiger partial charge on any atom is 0.251 e. The second-order valence-corrected chi connectivity index (χ2v) is 5.94. The summed E-state index contributed by atoms with van der Waals surface area (Å²) in [6, 6.07) is 14.1. The van der Waals surface area contributed by atoms with Crippen molar-refractivity contribution in [3.05, 3.63) is 66.7 Å². The predicted octanol–water partition coefficient (Wildman–Crippen LogP) is 3.04. The molecule has 0 saturated carbocycles. The maximum atomic E-state index is 12.3. The Morgan fingerprint density at radius 2 is 1.78 bits per heavy atom. The van der Waals surface area contributed by atoms with Gasteiger partial charge in [0.15, 0.2) is 11.5 Å². The van der Waals surface area contributed by atoms with Gasteiger partial charge in [0.05, 0.1) is 13.7 Å². The van der Waals surface area contributed by atoms with Gasteiger partial charge in [-0.3, -0.25) is 9.59 Å². The number of likely N-dealkylation sites (N-methyl/N-ethyl adjacent to an activating group) is 1. The Balaban J connectivity index is 1.91. The average Bonchev–Trinajstić information content (AvgIpc) is 2.71. The van der Waals surface area contributed by atoms with Crippen molar-refractivity contribution in [1.29, 1.82) is 0 Å². The van der Waals surface area contributed by atoms with E-state index in [0.717, 1.165) is 0 Å². The summed E-state index contributed by atoms with van der Waals surface area (Å²) in [4.78, 5) is 25.4. The molecule has 2 rings (SSSR count). The second-order valence-electron chi connectivity index (χ2n) is 5.94. The number of nitrogens with one attached hydrogen (secondary N) is 1. The molecule has 0 aliphatic rings. The number of hydrogen-bond acceptors (Lipinski definition) is 4. The molecule has 0 fully saturated rings. The molecular formula is C21H24N2O4. The van der Waals surface area contributed by atoms with E-state index in [-0.39, 0.29) is 17.9 Å². The lowest BCUT2D eigenvalue weighted by Crippen LogP contribution is -2.33. The monoisotopic (exact) mass is 368 g/mol. The number of nitrogens with zero attached hydrogens (tertiary/aromatic N) is 1. The third-order valence-corrected chi connectivity index (χ3v) is 3.97. The molecule has 2 aromatic carbocycles. The zero-order valence-electron chi connectivity index (χ0n) is 15.8. The first kappa shape index (κ1) is 20.0. The number of methoxy groups -OCH3 is 1. The van der Waals surface area contributed by atoms with Gasteiger partial charge in [0, 0.05) is 18.3 Å². The lowest BCUT2D eigenvalue weighted by Gasteiger charge is -2.18. The zero-order valence-corrected chi connectivity index (χ0v) is 15.8. The Kier molecular flexibility index (Phi) is 7.00. The molecule has 2 aromatic rings. The number of amides is 2. The average molecular weight is 368 g/mol. The van der Waals surface area contributed by atoms with Crippen molar-refractivity contribution in [2.45, 2.75) is 13.0 Å². The van der Waals surface area contributed by atoms with E-state index in [1.807, 2.05) is 31.2 Å². The number of benzene rings is 2. The third-order valence-electron chi connectivity index (χ3n) is 3.97. The molecule has 0 radical (unpaired) electrons. The molecule has 0 bridgehead atoms. The summed E-state index contributed by atoms with van der Waals surface area (Å²) >= 11 is 0. The van der Waals surface area contributed by atoms with Crippen molar-refractivity contribution >= 4 is 17.5 Å². The molecule has 1 N–H and O–H groups in total. The molecule has 0 spiro atoms. The standard InChI is InChI=1S/C21H24N2O4/c1-5-20(24)23(3)17-12-10-16(11-13-17)21(25)22-14-15(2)27-19-9-7-6-8-18(19)26-4/h5-13,15H,1,14H2,2-4H3,(H,22,25). The van der Waals surface area contributed by atoms with E-state index in [1.165, 1.54) is 11.0 Å². The fourth-order valence-electron chi connectivity index (χ4n) is 2.41. The van der Waals surface area contributed by atoms with Gasteiger partial charge in [-0.1, -0.05) is 18.7 Å². The maximum absolute atomic E-state index is 12.3. The molecule has 142 valence electrons. The number of carbonyl (C=O) groups is 2. The van der Waals surface area contributed by atoms with E-state index >= 15 is 0 Å². The highest BCUT2D eigenvalue weighted by molar-refractivity contribution is 6.01. The molecule has 0 aliphatic heterocycles. The topological polar surface area (TPSA) is 67.9 Å². The zero-order chi connectivity index (χ0) is 19.8. The molecule has 2 amide bonds. The smallest absolute Gasteiger partial charge is 0.251 e. The van der Waals surface area contributed by atoms with Crippen molar-refractivity contribution in [3.8, 4) is 11.5 Å². The van der Waals surface area contributed by atoms with Crippen LogP contribution in [0.3, 0.4) is 0 Å². The Bertz CT molecular complexity index is 802. The van der Waals surface area contributed by atoms with Gasteiger partial charge in [0.2, 0.25) is 5.91 Å². The fraction of sp³-hybridized carbons (Fsp3) is 0.238. The van der Waals surface area contributed by atoms with Gasteiger partial charge < -0.3 is 19.7 Å². The summed E-state index contributed by atoms with van der Waals surface area (Å²) in [5.41, 5.74) is 1.19. The highest BCUT2D eigenvalue weighted by Crippen LogP contribution is 2.26. The third kappa shape index (κ3) is 5.34. The Labute approximate surface area is 159 Å². The van der Waals surface area contributed by atoms with Crippen molar-refractivity contribution in [2.75, 3.05) is 25.6 Å². The van der Waals surface area contributed by atoms with E-state index in [9.17, 15) is 9.59 Å². The summed E-state index contributed by atoms with van der Waals surface area (Å²) in [7, 11) is 3.23. The van der Waals surface area contributed by atoms with Crippen LogP contribution in [-0.4, -0.2) is 38.6 Å². The minimum atomic E-state index is -0.235. The van der Waals surface area contributed by atoms with Gasteiger partial charge in [0.1, 0.15) is 6.10 Å². The van der Waals surface area contributed by atoms with Gasteiger partial charge >= 0.3 is 0 Å². The van der Waals surface area contributed by atoms with Crippen LogP contribution in [0.1, 0.15) is 17.3 Å². The lowest BCUT2D eigenvalue weighted by molar-refractivity contribution is -0.113. The van der Waals surface area contributed by atoms with Crippen molar-refractivity contribution in [1.82, 2.24) is 5.32 Å². The van der Waals surface area contributed by atoms with Crippen LogP contribution in [0.2, 0.25) is 0 Å². The SMILES string of the molecule is C=CC(=O)N(C)c1ccc(C(=O)NCC(C)Oc2ccccc2OC)cc1. The highest BCUT2D eigenvalue weighted by Gasteiger charge is 2.12.